The molecule has 1 atom stereocenters. The quantitative estimate of drug-likeness (QED) is 0.788. The van der Waals surface area contributed by atoms with Crippen LogP contribution < -0.4 is 9.62 Å². The summed E-state index contributed by atoms with van der Waals surface area (Å²) in [7, 11) is -1.38. The van der Waals surface area contributed by atoms with E-state index in [0.717, 1.165) is 31.6 Å². The molecular weight excluding hydrogens is 382 g/mol. The highest BCUT2D eigenvalue weighted by atomic mass is 32.2. The minimum atomic E-state index is -3.52. The Labute approximate surface area is 174 Å². The van der Waals surface area contributed by atoms with Crippen LogP contribution >= 0.6 is 0 Å². The normalized spacial score (nSPS) is 18.6. The average Bonchev–Trinajstić information content (AvgIpc) is 3.23. The molecule has 0 radical (unpaired) electrons. The van der Waals surface area contributed by atoms with Crippen molar-refractivity contribution in [2.45, 2.75) is 43.5 Å². The molecule has 1 saturated heterocycles. The zero-order chi connectivity index (χ0) is 20.4. The number of benzene rings is 2. The highest BCUT2D eigenvalue weighted by molar-refractivity contribution is 7.89. The van der Waals surface area contributed by atoms with Gasteiger partial charge in [0.25, 0.3) is 0 Å². The molecule has 156 valence electrons. The number of likely N-dealkylation sites (tertiary alicyclic amines) is 1. The van der Waals surface area contributed by atoms with E-state index in [1.54, 1.807) is 12.1 Å². The zero-order valence-corrected chi connectivity index (χ0v) is 18.2. The fourth-order valence-corrected chi connectivity index (χ4v) is 5.55. The molecule has 4 rings (SSSR count). The Balaban J connectivity index is 1.57. The molecule has 0 bridgehead atoms. The number of sulfonamides is 1. The second-order valence-corrected chi connectivity index (χ2v) is 10.1. The van der Waals surface area contributed by atoms with E-state index in [0.29, 0.717) is 11.4 Å². The molecule has 0 aliphatic carbocycles. The molecule has 0 aromatic heterocycles. The Bertz CT molecular complexity index is 951. The van der Waals surface area contributed by atoms with E-state index in [1.807, 2.05) is 19.1 Å². The first kappa shape index (κ1) is 20.4. The number of nitrogens with zero attached hydrogens (tertiary/aromatic N) is 2. The largest absolute Gasteiger partial charge is 0.374 e. The molecule has 2 aromatic carbocycles. The minimum absolute atomic E-state index is 0.0651. The Hall–Kier alpha value is -1.89. The predicted octanol–water partition coefficient (Wildman–Crippen LogP) is 3.49. The van der Waals surface area contributed by atoms with Gasteiger partial charge in [-0.2, -0.15) is 0 Å². The number of fused-ring (bicyclic) bond motifs is 1. The maximum Gasteiger partial charge on any atom is 0.240 e. The van der Waals surface area contributed by atoms with Gasteiger partial charge in [0.2, 0.25) is 10.0 Å². The first-order chi connectivity index (χ1) is 13.9. The Morgan fingerprint density at radius 1 is 1.00 bits per heavy atom. The van der Waals surface area contributed by atoms with E-state index < -0.39 is 10.0 Å². The third kappa shape index (κ3) is 4.49. The maximum absolute atomic E-state index is 12.8. The number of rotatable bonds is 6. The zero-order valence-electron chi connectivity index (χ0n) is 17.4. The van der Waals surface area contributed by atoms with Gasteiger partial charge in [-0.15, -0.1) is 0 Å². The molecule has 0 saturated carbocycles. The number of aryl methyl sites for hydroxylation is 2. The summed E-state index contributed by atoms with van der Waals surface area (Å²) in [5.41, 5.74) is 4.95. The summed E-state index contributed by atoms with van der Waals surface area (Å²) in [6.45, 7) is 5.49. The molecular formula is C23H31N3O2S. The predicted molar refractivity (Wildman–Crippen MR) is 118 cm³/mol. The molecule has 1 unspecified atom stereocenters. The number of hydrogen-bond acceptors (Lipinski definition) is 4. The standard InChI is InChI=1S/C23H31N3O2S/c1-18-7-10-21(11-8-18)29(27,28)24-17-23(26-14-3-4-15-26)20-9-12-22-19(16-20)6-5-13-25(22)2/h7-12,16,23-24H,3-6,13-15,17H2,1-2H3. The van der Waals surface area contributed by atoms with Crippen LogP contribution in [0.15, 0.2) is 47.4 Å². The molecule has 5 nitrogen and oxygen atoms in total. The smallest absolute Gasteiger partial charge is 0.240 e. The van der Waals surface area contributed by atoms with Crippen LogP contribution in [0.2, 0.25) is 0 Å². The van der Waals surface area contributed by atoms with E-state index in [-0.39, 0.29) is 6.04 Å². The summed E-state index contributed by atoms with van der Waals surface area (Å²) in [6, 6.07) is 13.8. The molecule has 2 heterocycles. The minimum Gasteiger partial charge on any atom is -0.374 e. The van der Waals surface area contributed by atoms with Gasteiger partial charge in [-0.05, 0) is 75.0 Å². The van der Waals surface area contributed by atoms with Gasteiger partial charge < -0.3 is 4.90 Å². The van der Waals surface area contributed by atoms with Crippen LogP contribution in [0.25, 0.3) is 0 Å². The SMILES string of the molecule is Cc1ccc(S(=O)(=O)NCC(c2ccc3c(c2)CCCN3C)N2CCCC2)cc1. The first-order valence-corrected chi connectivity index (χ1v) is 12.1. The molecule has 29 heavy (non-hydrogen) atoms. The summed E-state index contributed by atoms with van der Waals surface area (Å²) in [5, 5.41) is 0. The number of nitrogens with one attached hydrogen (secondary N) is 1. The van der Waals surface area contributed by atoms with Crippen LogP contribution in [-0.2, 0) is 16.4 Å². The van der Waals surface area contributed by atoms with Crippen molar-refractivity contribution in [3.05, 3.63) is 59.2 Å². The summed E-state index contributed by atoms with van der Waals surface area (Å²) in [5.74, 6) is 0. The van der Waals surface area contributed by atoms with Crippen LogP contribution in [0.5, 0.6) is 0 Å². The lowest BCUT2D eigenvalue weighted by atomic mass is 9.96. The van der Waals surface area contributed by atoms with Crippen LogP contribution in [0.3, 0.4) is 0 Å². The van der Waals surface area contributed by atoms with E-state index in [9.17, 15) is 8.42 Å². The van der Waals surface area contributed by atoms with Gasteiger partial charge in [-0.1, -0.05) is 29.8 Å². The molecule has 0 spiro atoms. The Morgan fingerprint density at radius 3 is 2.45 bits per heavy atom. The summed E-state index contributed by atoms with van der Waals surface area (Å²) in [4.78, 5) is 5.06. The second-order valence-electron chi connectivity index (χ2n) is 8.34. The Morgan fingerprint density at radius 2 is 1.72 bits per heavy atom. The third-order valence-electron chi connectivity index (χ3n) is 6.22. The van der Waals surface area contributed by atoms with Crippen molar-refractivity contribution >= 4 is 15.7 Å². The molecule has 0 amide bonds. The van der Waals surface area contributed by atoms with Gasteiger partial charge in [0, 0.05) is 31.9 Å². The summed E-state index contributed by atoms with van der Waals surface area (Å²) >= 11 is 0. The third-order valence-corrected chi connectivity index (χ3v) is 7.66. The van der Waals surface area contributed by atoms with Crippen LogP contribution in [0.4, 0.5) is 5.69 Å². The molecule has 1 N–H and O–H groups in total. The first-order valence-electron chi connectivity index (χ1n) is 10.6. The molecule has 2 aliphatic rings. The molecule has 1 fully saturated rings. The van der Waals surface area contributed by atoms with Crippen molar-refractivity contribution in [2.24, 2.45) is 0 Å². The van der Waals surface area contributed by atoms with E-state index in [1.165, 1.54) is 36.1 Å². The van der Waals surface area contributed by atoms with Crippen LogP contribution in [-0.4, -0.2) is 46.5 Å². The summed E-state index contributed by atoms with van der Waals surface area (Å²) in [6.07, 6.45) is 4.61. The molecule has 2 aromatic rings. The number of hydrogen-bond donors (Lipinski definition) is 1. The van der Waals surface area contributed by atoms with E-state index in [2.05, 4.69) is 39.8 Å². The lowest BCUT2D eigenvalue weighted by molar-refractivity contribution is 0.246. The van der Waals surface area contributed by atoms with Gasteiger partial charge in [-0.25, -0.2) is 13.1 Å². The van der Waals surface area contributed by atoms with Gasteiger partial charge >= 0.3 is 0 Å². The monoisotopic (exact) mass is 413 g/mol. The maximum atomic E-state index is 12.8. The van der Waals surface area contributed by atoms with Gasteiger partial charge in [0.1, 0.15) is 0 Å². The van der Waals surface area contributed by atoms with Crippen molar-refractivity contribution in [2.75, 3.05) is 38.1 Å². The fraction of sp³-hybridized carbons (Fsp3) is 0.478. The van der Waals surface area contributed by atoms with Crippen molar-refractivity contribution < 1.29 is 8.42 Å². The van der Waals surface area contributed by atoms with E-state index in [4.69, 9.17) is 0 Å². The van der Waals surface area contributed by atoms with E-state index >= 15 is 0 Å². The van der Waals surface area contributed by atoms with Crippen LogP contribution in [0, 0.1) is 6.92 Å². The average molecular weight is 414 g/mol. The number of anilines is 1. The van der Waals surface area contributed by atoms with Gasteiger partial charge in [0.05, 0.1) is 4.90 Å². The van der Waals surface area contributed by atoms with Crippen molar-refractivity contribution in [3.8, 4) is 0 Å². The lowest BCUT2D eigenvalue weighted by Crippen LogP contribution is -2.37. The van der Waals surface area contributed by atoms with Crippen LogP contribution in [0.1, 0.15) is 42.0 Å². The van der Waals surface area contributed by atoms with Gasteiger partial charge in [-0.3, -0.25) is 4.90 Å². The van der Waals surface area contributed by atoms with Gasteiger partial charge in [0.15, 0.2) is 0 Å². The van der Waals surface area contributed by atoms with Crippen molar-refractivity contribution in [1.29, 1.82) is 0 Å². The van der Waals surface area contributed by atoms with Crippen molar-refractivity contribution in [1.82, 2.24) is 9.62 Å². The highest BCUT2D eigenvalue weighted by Gasteiger charge is 2.27. The summed E-state index contributed by atoms with van der Waals surface area (Å²) < 4.78 is 28.5. The second kappa shape index (κ2) is 8.46. The topological polar surface area (TPSA) is 52.7 Å². The molecule has 2 aliphatic heterocycles. The Kier molecular flexibility index (Phi) is 5.95. The lowest BCUT2D eigenvalue weighted by Gasteiger charge is -2.31. The molecule has 6 heteroatoms. The van der Waals surface area contributed by atoms with Crippen molar-refractivity contribution in [3.63, 3.8) is 0 Å². The fourth-order valence-electron chi connectivity index (χ4n) is 4.51. The highest BCUT2D eigenvalue weighted by Crippen LogP contribution is 2.32.